The average Bonchev–Trinajstić information content (AvgIpc) is 2.63. The van der Waals surface area contributed by atoms with Crippen molar-refractivity contribution in [3.63, 3.8) is 0 Å². The van der Waals surface area contributed by atoms with Crippen LogP contribution in [0.4, 0.5) is 4.79 Å². The van der Waals surface area contributed by atoms with E-state index < -0.39 is 0 Å². The van der Waals surface area contributed by atoms with Gasteiger partial charge in [-0.05, 0) is 0 Å². The molecule has 0 spiro atoms. The summed E-state index contributed by atoms with van der Waals surface area (Å²) in [6, 6.07) is 0.0422. The normalized spacial score (nSPS) is 30.3. The molecule has 0 bridgehead atoms. The van der Waals surface area contributed by atoms with Crippen LogP contribution >= 0.6 is 0 Å². The van der Waals surface area contributed by atoms with E-state index in [0.717, 1.165) is 0 Å². The van der Waals surface area contributed by atoms with E-state index in [4.69, 9.17) is 14.2 Å². The van der Waals surface area contributed by atoms with Gasteiger partial charge in [-0.25, -0.2) is 4.79 Å². The summed E-state index contributed by atoms with van der Waals surface area (Å²) in [6.07, 6.45) is 0.154. The number of ether oxygens (including phenoxy) is 3. The van der Waals surface area contributed by atoms with Crippen LogP contribution in [0.5, 0.6) is 0 Å². The molecule has 2 aliphatic heterocycles. The Morgan fingerprint density at radius 3 is 2.75 bits per heavy atom. The zero-order chi connectivity index (χ0) is 8.39. The minimum absolute atomic E-state index is 0.0422. The van der Waals surface area contributed by atoms with Crippen molar-refractivity contribution in [1.29, 1.82) is 0 Å². The van der Waals surface area contributed by atoms with Crippen LogP contribution in [0.3, 0.4) is 0 Å². The van der Waals surface area contributed by atoms with Crippen LogP contribution in [0.15, 0.2) is 0 Å². The van der Waals surface area contributed by atoms with Gasteiger partial charge in [0, 0.05) is 6.42 Å². The zero-order valence-corrected chi connectivity index (χ0v) is 6.62. The predicted molar refractivity (Wildman–Crippen MR) is 38.6 cm³/mol. The number of carbonyl (C=O) groups is 1. The van der Waals surface area contributed by atoms with Crippen LogP contribution in [0.25, 0.3) is 0 Å². The Hall–Kier alpha value is -0.810. The Labute approximate surface area is 70.0 Å². The standard InChI is InChI=1S/C7H11NO4/c9-7-8-5(4-12-7)3-6-10-1-2-11-6/h5-6H,1-4H2,(H,8,9)/t5-/m0/s1. The van der Waals surface area contributed by atoms with Gasteiger partial charge >= 0.3 is 6.09 Å². The van der Waals surface area contributed by atoms with Crippen molar-refractivity contribution in [2.24, 2.45) is 0 Å². The minimum atomic E-state index is -0.349. The maximum atomic E-state index is 10.6. The Kier molecular flexibility index (Phi) is 2.14. The molecule has 0 aromatic carbocycles. The van der Waals surface area contributed by atoms with E-state index >= 15 is 0 Å². The molecule has 68 valence electrons. The van der Waals surface area contributed by atoms with E-state index in [1.165, 1.54) is 0 Å². The van der Waals surface area contributed by atoms with E-state index in [2.05, 4.69) is 5.32 Å². The Morgan fingerprint density at radius 2 is 2.17 bits per heavy atom. The van der Waals surface area contributed by atoms with Gasteiger partial charge in [0.2, 0.25) is 0 Å². The molecule has 0 unspecified atom stereocenters. The largest absolute Gasteiger partial charge is 0.447 e. The second kappa shape index (κ2) is 3.28. The number of rotatable bonds is 2. The quantitative estimate of drug-likeness (QED) is 0.631. The maximum Gasteiger partial charge on any atom is 0.407 e. The summed E-state index contributed by atoms with van der Waals surface area (Å²) < 4.78 is 15.2. The second-order valence-electron chi connectivity index (χ2n) is 2.85. The lowest BCUT2D eigenvalue weighted by Crippen LogP contribution is -2.30. The summed E-state index contributed by atoms with van der Waals surface area (Å²) in [5.74, 6) is 0. The van der Waals surface area contributed by atoms with Crippen molar-refractivity contribution in [3.05, 3.63) is 0 Å². The molecule has 0 radical (unpaired) electrons. The zero-order valence-electron chi connectivity index (χ0n) is 6.62. The van der Waals surface area contributed by atoms with Crippen LogP contribution in [-0.2, 0) is 14.2 Å². The van der Waals surface area contributed by atoms with Gasteiger partial charge in [0.05, 0.1) is 19.3 Å². The van der Waals surface area contributed by atoms with Crippen LogP contribution < -0.4 is 5.32 Å². The van der Waals surface area contributed by atoms with Crippen LogP contribution in [0, 0.1) is 0 Å². The fourth-order valence-corrected chi connectivity index (χ4v) is 1.33. The molecule has 1 amide bonds. The summed E-state index contributed by atoms with van der Waals surface area (Å²) in [5, 5.41) is 2.66. The summed E-state index contributed by atoms with van der Waals surface area (Å²) in [7, 11) is 0. The molecule has 0 aliphatic carbocycles. The third-order valence-corrected chi connectivity index (χ3v) is 1.91. The molecule has 0 saturated carbocycles. The third-order valence-electron chi connectivity index (χ3n) is 1.91. The van der Waals surface area contributed by atoms with E-state index in [0.29, 0.717) is 26.2 Å². The highest BCUT2D eigenvalue weighted by Crippen LogP contribution is 2.12. The molecular formula is C7H11NO4. The van der Waals surface area contributed by atoms with Crippen molar-refractivity contribution in [2.45, 2.75) is 18.8 Å². The molecule has 0 aromatic rings. The van der Waals surface area contributed by atoms with Crippen molar-refractivity contribution in [3.8, 4) is 0 Å². The lowest BCUT2D eigenvalue weighted by Gasteiger charge is -2.11. The number of cyclic esters (lactones) is 1. The van der Waals surface area contributed by atoms with Gasteiger partial charge < -0.3 is 19.5 Å². The molecule has 2 heterocycles. The number of nitrogens with one attached hydrogen (secondary N) is 1. The van der Waals surface area contributed by atoms with E-state index in [1.54, 1.807) is 0 Å². The van der Waals surface area contributed by atoms with Gasteiger partial charge in [-0.2, -0.15) is 0 Å². The Morgan fingerprint density at radius 1 is 1.42 bits per heavy atom. The molecule has 12 heavy (non-hydrogen) atoms. The van der Waals surface area contributed by atoms with Gasteiger partial charge in [0.1, 0.15) is 6.61 Å². The fourth-order valence-electron chi connectivity index (χ4n) is 1.33. The molecule has 1 N–H and O–H groups in total. The second-order valence-corrected chi connectivity index (χ2v) is 2.85. The lowest BCUT2D eigenvalue weighted by molar-refractivity contribution is -0.0519. The van der Waals surface area contributed by atoms with E-state index in [-0.39, 0.29) is 18.4 Å². The molecular weight excluding hydrogens is 162 g/mol. The highest BCUT2D eigenvalue weighted by atomic mass is 16.7. The van der Waals surface area contributed by atoms with Crippen molar-refractivity contribution in [1.82, 2.24) is 5.32 Å². The van der Waals surface area contributed by atoms with Crippen molar-refractivity contribution < 1.29 is 19.0 Å². The highest BCUT2D eigenvalue weighted by Gasteiger charge is 2.27. The number of hydrogen-bond acceptors (Lipinski definition) is 4. The lowest BCUT2D eigenvalue weighted by atomic mass is 10.2. The molecule has 0 aromatic heterocycles. The molecule has 2 fully saturated rings. The Bertz CT molecular complexity index is 178. The summed E-state index contributed by atoms with van der Waals surface area (Å²) >= 11 is 0. The van der Waals surface area contributed by atoms with Gasteiger partial charge in [0.25, 0.3) is 0 Å². The van der Waals surface area contributed by atoms with Crippen LogP contribution in [-0.4, -0.2) is 38.2 Å². The minimum Gasteiger partial charge on any atom is -0.447 e. The fraction of sp³-hybridized carbons (Fsp3) is 0.857. The molecule has 2 saturated heterocycles. The SMILES string of the molecule is O=C1N[C@@H](CC2OCCO2)CO1. The van der Waals surface area contributed by atoms with Gasteiger partial charge in [-0.1, -0.05) is 0 Å². The number of hydrogen-bond donors (Lipinski definition) is 1. The van der Waals surface area contributed by atoms with Gasteiger partial charge in [0.15, 0.2) is 6.29 Å². The number of carbonyl (C=O) groups excluding carboxylic acids is 1. The number of amides is 1. The third kappa shape index (κ3) is 1.67. The summed E-state index contributed by atoms with van der Waals surface area (Å²) in [6.45, 7) is 1.71. The smallest absolute Gasteiger partial charge is 0.407 e. The van der Waals surface area contributed by atoms with E-state index in [9.17, 15) is 4.79 Å². The van der Waals surface area contributed by atoms with Crippen molar-refractivity contribution in [2.75, 3.05) is 19.8 Å². The molecule has 5 heteroatoms. The molecule has 1 atom stereocenters. The molecule has 2 rings (SSSR count). The van der Waals surface area contributed by atoms with Crippen molar-refractivity contribution >= 4 is 6.09 Å². The monoisotopic (exact) mass is 173 g/mol. The summed E-state index contributed by atoms with van der Waals surface area (Å²) in [5.41, 5.74) is 0. The highest BCUT2D eigenvalue weighted by molar-refractivity contribution is 5.69. The first-order valence-corrected chi connectivity index (χ1v) is 4.01. The Balaban J connectivity index is 1.75. The van der Waals surface area contributed by atoms with Crippen LogP contribution in [0.1, 0.15) is 6.42 Å². The van der Waals surface area contributed by atoms with E-state index in [1.807, 2.05) is 0 Å². The van der Waals surface area contributed by atoms with Gasteiger partial charge in [-0.3, -0.25) is 0 Å². The first-order chi connectivity index (χ1) is 5.84. The first-order valence-electron chi connectivity index (χ1n) is 4.01. The maximum absolute atomic E-state index is 10.6. The summed E-state index contributed by atoms with van der Waals surface area (Å²) in [4.78, 5) is 10.6. The number of alkyl carbamates (subject to hydrolysis) is 1. The van der Waals surface area contributed by atoms with Gasteiger partial charge in [-0.15, -0.1) is 0 Å². The topological polar surface area (TPSA) is 56.8 Å². The average molecular weight is 173 g/mol. The van der Waals surface area contributed by atoms with Crippen LogP contribution in [0.2, 0.25) is 0 Å². The molecule has 5 nitrogen and oxygen atoms in total. The predicted octanol–water partition coefficient (Wildman–Crippen LogP) is -0.142. The molecule has 2 aliphatic rings. The first kappa shape index (κ1) is 7.82.